The quantitative estimate of drug-likeness (QED) is 0.192. The van der Waals surface area contributed by atoms with Crippen molar-refractivity contribution in [1.29, 1.82) is 0 Å². The number of rotatable bonds is 17. The zero-order valence-corrected chi connectivity index (χ0v) is 22.0. The van der Waals surface area contributed by atoms with Crippen LogP contribution in [0.5, 0.6) is 5.75 Å². The number of alkyl halides is 1. The molecule has 0 spiro atoms. The lowest BCUT2D eigenvalue weighted by Gasteiger charge is -2.09. The number of hydrogen-bond acceptors (Lipinski definition) is 3. The molecule has 0 saturated carbocycles. The summed E-state index contributed by atoms with van der Waals surface area (Å²) in [6.07, 6.45) is 19.2. The minimum atomic E-state index is -0.709. The van der Waals surface area contributed by atoms with Gasteiger partial charge < -0.3 is 5.11 Å². The zero-order chi connectivity index (χ0) is 25.4. The van der Waals surface area contributed by atoms with Gasteiger partial charge in [-0.05, 0) is 42.5 Å². The van der Waals surface area contributed by atoms with Gasteiger partial charge in [0.15, 0.2) is 5.82 Å². The molecule has 0 aliphatic heterocycles. The predicted octanol–water partition coefficient (Wildman–Crippen LogP) is 9.49. The van der Waals surface area contributed by atoms with Gasteiger partial charge in [-0.2, -0.15) is 0 Å². The molecule has 0 unspecified atom stereocenters. The normalized spacial score (nSPS) is 12.1. The van der Waals surface area contributed by atoms with Gasteiger partial charge in [-0.25, -0.2) is 14.4 Å². The van der Waals surface area contributed by atoms with E-state index in [9.17, 15) is 9.50 Å². The highest BCUT2D eigenvalue weighted by Gasteiger charge is 2.08. The second kappa shape index (κ2) is 16.1. The van der Waals surface area contributed by atoms with Crippen LogP contribution in [-0.2, 0) is 6.42 Å². The first-order valence-electron chi connectivity index (χ1n) is 14.0. The highest BCUT2D eigenvalue weighted by molar-refractivity contribution is 5.64. The second-order valence-electron chi connectivity index (χ2n) is 10.00. The first-order valence-corrected chi connectivity index (χ1v) is 14.0. The summed E-state index contributed by atoms with van der Waals surface area (Å²) in [5.41, 5.74) is 3.97. The molecule has 0 fully saturated rings. The van der Waals surface area contributed by atoms with Gasteiger partial charge in [0.05, 0.1) is 0 Å². The Morgan fingerprint density at radius 2 is 1.17 bits per heavy atom. The van der Waals surface area contributed by atoms with Gasteiger partial charge >= 0.3 is 0 Å². The third-order valence-corrected chi connectivity index (χ3v) is 6.93. The zero-order valence-electron chi connectivity index (χ0n) is 22.0. The Hall–Kier alpha value is -2.75. The summed E-state index contributed by atoms with van der Waals surface area (Å²) in [5, 5.41) is 9.44. The van der Waals surface area contributed by atoms with E-state index in [1.165, 1.54) is 57.8 Å². The number of halogens is 1. The molecule has 3 aromatic rings. The molecule has 1 aromatic heterocycles. The smallest absolute Gasteiger partial charge is 0.159 e. The third kappa shape index (κ3) is 10.1. The van der Waals surface area contributed by atoms with Crippen LogP contribution in [0.15, 0.2) is 60.9 Å². The fourth-order valence-electron chi connectivity index (χ4n) is 4.60. The molecule has 3 rings (SSSR count). The first-order chi connectivity index (χ1) is 17.7. The topological polar surface area (TPSA) is 46.0 Å². The van der Waals surface area contributed by atoms with E-state index in [1.54, 1.807) is 24.5 Å². The molecule has 194 valence electrons. The molecule has 3 nitrogen and oxygen atoms in total. The third-order valence-electron chi connectivity index (χ3n) is 6.93. The van der Waals surface area contributed by atoms with Gasteiger partial charge in [0.1, 0.15) is 11.9 Å². The average Bonchev–Trinajstić information content (AvgIpc) is 2.91. The standard InChI is InChI=1S/C32H43FN2O/c1-2-3-4-5-6-7-8-9-10-11-12-13-30(33)21-16-26-14-17-28(18-15-26)32-34-24-29(25-35-32)27-19-22-31(36)23-20-27/h14-15,17-20,22-25,30,36H,2-13,16,21H2,1H3/t30-/m0/s1. The Balaban J connectivity index is 1.30. The van der Waals surface area contributed by atoms with Gasteiger partial charge in [-0.3, -0.25) is 0 Å². The predicted molar refractivity (Wildman–Crippen MR) is 149 cm³/mol. The van der Waals surface area contributed by atoms with E-state index in [1.807, 2.05) is 24.3 Å². The maximum absolute atomic E-state index is 14.4. The highest BCUT2D eigenvalue weighted by atomic mass is 19.1. The molecule has 0 aliphatic carbocycles. The van der Waals surface area contributed by atoms with Gasteiger partial charge in [0, 0.05) is 23.5 Å². The van der Waals surface area contributed by atoms with E-state index in [2.05, 4.69) is 29.0 Å². The molecule has 0 radical (unpaired) electrons. The number of aromatic nitrogens is 2. The number of unbranched alkanes of at least 4 members (excludes halogenated alkanes) is 10. The van der Waals surface area contributed by atoms with Gasteiger partial charge in [0.25, 0.3) is 0 Å². The van der Waals surface area contributed by atoms with Gasteiger partial charge in [-0.15, -0.1) is 0 Å². The fourth-order valence-corrected chi connectivity index (χ4v) is 4.60. The molecule has 1 atom stereocenters. The monoisotopic (exact) mass is 490 g/mol. The van der Waals surface area contributed by atoms with Crippen LogP contribution >= 0.6 is 0 Å². The van der Waals surface area contributed by atoms with Crippen LogP contribution in [0.4, 0.5) is 4.39 Å². The van der Waals surface area contributed by atoms with Crippen molar-refractivity contribution in [3.05, 3.63) is 66.5 Å². The minimum absolute atomic E-state index is 0.240. The lowest BCUT2D eigenvalue weighted by Crippen LogP contribution is -2.02. The molecular formula is C32H43FN2O. The maximum atomic E-state index is 14.4. The fraction of sp³-hybridized carbons (Fsp3) is 0.500. The summed E-state index contributed by atoms with van der Waals surface area (Å²) in [6.45, 7) is 2.26. The summed E-state index contributed by atoms with van der Waals surface area (Å²) < 4.78 is 14.4. The number of benzene rings is 2. The molecule has 1 N–H and O–H groups in total. The molecule has 0 bridgehead atoms. The van der Waals surface area contributed by atoms with Crippen LogP contribution in [0.3, 0.4) is 0 Å². The SMILES string of the molecule is CCCCCCCCCCCCC[C@H](F)CCc1ccc(-c2ncc(-c3ccc(O)cc3)cn2)cc1. The van der Waals surface area contributed by atoms with Gasteiger partial charge in [-0.1, -0.05) is 114 Å². The second-order valence-corrected chi connectivity index (χ2v) is 10.00. The van der Waals surface area contributed by atoms with Crippen molar-refractivity contribution in [2.45, 2.75) is 103 Å². The lowest BCUT2D eigenvalue weighted by molar-refractivity contribution is 0.287. The lowest BCUT2D eigenvalue weighted by atomic mass is 10.0. The number of phenols is 1. The van der Waals surface area contributed by atoms with Crippen molar-refractivity contribution < 1.29 is 9.50 Å². The van der Waals surface area contributed by atoms with E-state index in [4.69, 9.17) is 0 Å². The van der Waals surface area contributed by atoms with Crippen LogP contribution in [0.25, 0.3) is 22.5 Å². The molecule has 1 heterocycles. The van der Waals surface area contributed by atoms with Crippen molar-refractivity contribution >= 4 is 0 Å². The number of aryl methyl sites for hydroxylation is 1. The Labute approximate surface area is 217 Å². The highest BCUT2D eigenvalue weighted by Crippen LogP contribution is 2.23. The van der Waals surface area contributed by atoms with E-state index < -0.39 is 6.17 Å². The van der Waals surface area contributed by atoms with E-state index in [-0.39, 0.29) is 5.75 Å². The van der Waals surface area contributed by atoms with Gasteiger partial charge in [0.2, 0.25) is 0 Å². The molecule has 36 heavy (non-hydrogen) atoms. The summed E-state index contributed by atoms with van der Waals surface area (Å²) in [5.74, 6) is 0.911. The van der Waals surface area contributed by atoms with Crippen LogP contribution in [0.1, 0.15) is 96.0 Å². The molecule has 0 aliphatic rings. The maximum Gasteiger partial charge on any atom is 0.159 e. The Kier molecular flexibility index (Phi) is 12.4. The summed E-state index contributed by atoms with van der Waals surface area (Å²) in [4.78, 5) is 9.00. The molecule has 0 amide bonds. The Bertz CT molecular complexity index is 971. The minimum Gasteiger partial charge on any atom is -0.508 e. The summed E-state index contributed by atoms with van der Waals surface area (Å²) >= 11 is 0. The summed E-state index contributed by atoms with van der Waals surface area (Å²) in [7, 11) is 0. The molecular weight excluding hydrogens is 447 g/mol. The largest absolute Gasteiger partial charge is 0.508 e. The average molecular weight is 491 g/mol. The molecule has 4 heteroatoms. The van der Waals surface area contributed by atoms with Crippen LogP contribution in [0, 0.1) is 0 Å². The number of aromatic hydroxyl groups is 1. The summed E-state index contributed by atoms with van der Waals surface area (Å²) in [6, 6.07) is 15.1. The Morgan fingerprint density at radius 3 is 1.75 bits per heavy atom. The van der Waals surface area contributed by atoms with Crippen molar-refractivity contribution in [2.75, 3.05) is 0 Å². The first kappa shape index (κ1) is 27.8. The number of hydrogen-bond donors (Lipinski definition) is 1. The van der Waals surface area contributed by atoms with Crippen molar-refractivity contribution in [2.24, 2.45) is 0 Å². The molecule has 0 saturated heterocycles. The van der Waals surface area contributed by atoms with Crippen LogP contribution < -0.4 is 0 Å². The van der Waals surface area contributed by atoms with Crippen molar-refractivity contribution in [1.82, 2.24) is 9.97 Å². The van der Waals surface area contributed by atoms with E-state index >= 15 is 0 Å². The number of phenolic OH excluding ortho intramolecular Hbond substituents is 1. The van der Waals surface area contributed by atoms with E-state index in [0.29, 0.717) is 18.7 Å². The van der Waals surface area contributed by atoms with Crippen LogP contribution in [0.2, 0.25) is 0 Å². The Morgan fingerprint density at radius 1 is 0.639 bits per heavy atom. The van der Waals surface area contributed by atoms with Crippen LogP contribution in [-0.4, -0.2) is 21.2 Å². The van der Waals surface area contributed by atoms with E-state index in [0.717, 1.165) is 41.5 Å². The van der Waals surface area contributed by atoms with Crippen molar-refractivity contribution in [3.8, 4) is 28.3 Å². The van der Waals surface area contributed by atoms with Crippen molar-refractivity contribution in [3.63, 3.8) is 0 Å². The number of nitrogens with zero attached hydrogens (tertiary/aromatic N) is 2. The molecule has 2 aromatic carbocycles.